The molecule has 3 heteroatoms. The van der Waals surface area contributed by atoms with Crippen molar-refractivity contribution in [2.45, 2.75) is 31.1 Å². The van der Waals surface area contributed by atoms with Crippen LogP contribution in [-0.2, 0) is 5.41 Å². The largest absolute Gasteiger partial charge is 0.307 e. The minimum atomic E-state index is 0.112. The molecule has 0 aliphatic heterocycles. The van der Waals surface area contributed by atoms with Crippen LogP contribution in [0.2, 0.25) is 5.02 Å². The fourth-order valence-corrected chi connectivity index (χ4v) is 7.49. The molecular formula is C29H21BrClN. The number of rotatable bonds is 1. The van der Waals surface area contributed by atoms with Gasteiger partial charge in [0.15, 0.2) is 0 Å². The number of para-hydroxylation sites is 2. The maximum atomic E-state index is 6.79. The molecule has 1 heterocycles. The fourth-order valence-electron chi connectivity index (χ4n) is 6.46. The molecule has 5 aromatic rings. The van der Waals surface area contributed by atoms with Gasteiger partial charge in [-0.3, -0.25) is 0 Å². The fraction of sp³-hybridized carbons (Fsp3) is 0.172. The van der Waals surface area contributed by atoms with Gasteiger partial charge in [0, 0.05) is 26.2 Å². The molecule has 0 N–H and O–H groups in total. The predicted molar refractivity (Wildman–Crippen MR) is 138 cm³/mol. The number of hydrogen-bond acceptors (Lipinski definition) is 0. The average Bonchev–Trinajstić information content (AvgIpc) is 3.50. The molecule has 0 unspecified atom stereocenters. The summed E-state index contributed by atoms with van der Waals surface area (Å²) in [4.78, 5) is 0. The molecule has 156 valence electrons. The van der Waals surface area contributed by atoms with Gasteiger partial charge in [-0.15, -0.1) is 0 Å². The molecule has 2 aliphatic carbocycles. The topological polar surface area (TPSA) is 4.93 Å². The molecule has 1 nitrogen and oxygen atoms in total. The van der Waals surface area contributed by atoms with E-state index < -0.39 is 0 Å². The first kappa shape index (κ1) is 19.0. The van der Waals surface area contributed by atoms with E-state index in [1.54, 1.807) is 0 Å². The SMILES string of the molecule is Clc1ccccc1-n1c2ccccc2c2cc(Br)c3c(c21)-c1ccccc1C31CCCC1. The molecule has 1 fully saturated rings. The summed E-state index contributed by atoms with van der Waals surface area (Å²) in [6, 6.07) is 28.3. The Morgan fingerprint density at radius 1 is 0.812 bits per heavy atom. The molecule has 0 atom stereocenters. The van der Waals surface area contributed by atoms with Gasteiger partial charge in [-0.1, -0.05) is 95.0 Å². The van der Waals surface area contributed by atoms with E-state index in [0.717, 1.165) is 10.7 Å². The van der Waals surface area contributed by atoms with Crippen LogP contribution in [0.4, 0.5) is 0 Å². The van der Waals surface area contributed by atoms with Gasteiger partial charge in [0.05, 0.1) is 21.7 Å². The van der Waals surface area contributed by atoms with Gasteiger partial charge in [-0.2, -0.15) is 0 Å². The van der Waals surface area contributed by atoms with Gasteiger partial charge in [0.25, 0.3) is 0 Å². The second-order valence-corrected chi connectivity index (χ2v) is 10.4. The lowest BCUT2D eigenvalue weighted by atomic mass is 9.76. The minimum Gasteiger partial charge on any atom is -0.307 e. The number of hydrogen-bond donors (Lipinski definition) is 0. The third-order valence-corrected chi connectivity index (χ3v) is 8.60. The van der Waals surface area contributed by atoms with E-state index in [1.807, 2.05) is 12.1 Å². The number of nitrogens with zero attached hydrogens (tertiary/aromatic N) is 1. The van der Waals surface area contributed by atoms with Crippen molar-refractivity contribution < 1.29 is 0 Å². The van der Waals surface area contributed by atoms with Gasteiger partial charge < -0.3 is 4.57 Å². The molecule has 0 bridgehead atoms. The Kier molecular flexibility index (Phi) is 3.99. The first-order valence-corrected chi connectivity index (χ1v) is 12.5. The second-order valence-electron chi connectivity index (χ2n) is 9.14. The molecule has 1 saturated carbocycles. The molecular weight excluding hydrogens is 478 g/mol. The third kappa shape index (κ3) is 2.30. The van der Waals surface area contributed by atoms with Crippen molar-refractivity contribution in [2.24, 2.45) is 0 Å². The molecule has 0 saturated heterocycles. The zero-order valence-corrected chi connectivity index (χ0v) is 19.9. The molecule has 1 aromatic heterocycles. The highest BCUT2D eigenvalue weighted by atomic mass is 79.9. The third-order valence-electron chi connectivity index (χ3n) is 7.65. The quantitative estimate of drug-likeness (QED) is 0.217. The number of benzene rings is 4. The van der Waals surface area contributed by atoms with Crippen LogP contribution in [0.25, 0.3) is 38.6 Å². The first-order chi connectivity index (χ1) is 15.7. The molecule has 2 aliphatic rings. The molecule has 0 amide bonds. The average molecular weight is 499 g/mol. The summed E-state index contributed by atoms with van der Waals surface area (Å²) in [6.07, 6.45) is 5.00. The van der Waals surface area contributed by atoms with Gasteiger partial charge in [-0.05, 0) is 53.8 Å². The highest BCUT2D eigenvalue weighted by Crippen LogP contribution is 2.61. The van der Waals surface area contributed by atoms with E-state index in [4.69, 9.17) is 11.6 Å². The summed E-state index contributed by atoms with van der Waals surface area (Å²) in [7, 11) is 0. The zero-order chi connectivity index (χ0) is 21.4. The summed E-state index contributed by atoms with van der Waals surface area (Å²) in [5, 5.41) is 3.31. The van der Waals surface area contributed by atoms with Crippen molar-refractivity contribution in [3.63, 3.8) is 0 Å². The van der Waals surface area contributed by atoms with E-state index in [1.165, 1.54) is 74.2 Å². The van der Waals surface area contributed by atoms with Crippen LogP contribution in [0.1, 0.15) is 36.8 Å². The predicted octanol–water partition coefficient (Wildman–Crippen LogP) is 9.04. The highest BCUT2D eigenvalue weighted by molar-refractivity contribution is 9.10. The Morgan fingerprint density at radius 2 is 1.53 bits per heavy atom. The van der Waals surface area contributed by atoms with Crippen LogP contribution < -0.4 is 0 Å². The van der Waals surface area contributed by atoms with E-state index in [2.05, 4.69) is 87.2 Å². The van der Waals surface area contributed by atoms with Crippen molar-refractivity contribution >= 4 is 49.3 Å². The van der Waals surface area contributed by atoms with E-state index in [-0.39, 0.29) is 5.41 Å². The normalized spacial score (nSPS) is 16.2. The molecule has 7 rings (SSSR count). The van der Waals surface area contributed by atoms with Crippen molar-refractivity contribution in [1.29, 1.82) is 0 Å². The van der Waals surface area contributed by atoms with Crippen LogP contribution in [0, 0.1) is 0 Å². The Bertz CT molecular complexity index is 1560. The van der Waals surface area contributed by atoms with Gasteiger partial charge in [-0.25, -0.2) is 0 Å². The van der Waals surface area contributed by atoms with E-state index in [9.17, 15) is 0 Å². The molecule has 0 radical (unpaired) electrons. The smallest absolute Gasteiger partial charge is 0.0648 e. The summed E-state index contributed by atoms with van der Waals surface area (Å²) < 4.78 is 3.63. The van der Waals surface area contributed by atoms with Crippen LogP contribution in [0.5, 0.6) is 0 Å². The van der Waals surface area contributed by atoms with Gasteiger partial charge in [0.1, 0.15) is 0 Å². The Labute approximate surface area is 200 Å². The minimum absolute atomic E-state index is 0.112. The highest BCUT2D eigenvalue weighted by Gasteiger charge is 2.47. The molecule has 4 aromatic carbocycles. The standard InChI is InChI=1S/C29H21BrClN/c30-22-17-20-18-9-2-5-13-24(18)32(25-14-6-4-12-23(25)31)28(20)26-19-10-1-3-11-21(19)29(27(22)26)15-7-8-16-29/h1-6,9-14,17H,7-8,15-16H2. The Balaban J connectivity index is 1.75. The van der Waals surface area contributed by atoms with Crippen molar-refractivity contribution in [2.75, 3.05) is 0 Å². The zero-order valence-electron chi connectivity index (χ0n) is 17.5. The van der Waals surface area contributed by atoms with Gasteiger partial charge >= 0.3 is 0 Å². The maximum Gasteiger partial charge on any atom is 0.0648 e. The van der Waals surface area contributed by atoms with Crippen LogP contribution in [0.15, 0.2) is 83.3 Å². The number of halogens is 2. The van der Waals surface area contributed by atoms with E-state index in [0.29, 0.717) is 0 Å². The molecule has 32 heavy (non-hydrogen) atoms. The van der Waals surface area contributed by atoms with E-state index >= 15 is 0 Å². The summed E-state index contributed by atoms with van der Waals surface area (Å²) in [6.45, 7) is 0. The summed E-state index contributed by atoms with van der Waals surface area (Å²) >= 11 is 10.8. The molecule has 1 spiro atoms. The van der Waals surface area contributed by atoms with Crippen LogP contribution in [-0.4, -0.2) is 4.57 Å². The maximum absolute atomic E-state index is 6.79. The van der Waals surface area contributed by atoms with Gasteiger partial charge in [0.2, 0.25) is 0 Å². The second kappa shape index (κ2) is 6.73. The Hall–Kier alpha value is -2.55. The lowest BCUT2D eigenvalue weighted by molar-refractivity contribution is 0.548. The van der Waals surface area contributed by atoms with Crippen LogP contribution >= 0.6 is 27.5 Å². The summed E-state index contributed by atoms with van der Waals surface area (Å²) in [5.41, 5.74) is 9.34. The Morgan fingerprint density at radius 3 is 2.38 bits per heavy atom. The van der Waals surface area contributed by atoms with Crippen molar-refractivity contribution in [3.05, 3.63) is 99.5 Å². The van der Waals surface area contributed by atoms with Crippen molar-refractivity contribution in [3.8, 4) is 16.8 Å². The lowest BCUT2D eigenvalue weighted by Gasteiger charge is -2.27. The van der Waals surface area contributed by atoms with Crippen LogP contribution in [0.3, 0.4) is 0 Å². The number of fused-ring (bicyclic) bond motifs is 9. The first-order valence-electron chi connectivity index (χ1n) is 11.3. The van der Waals surface area contributed by atoms with Crippen molar-refractivity contribution in [1.82, 2.24) is 4.57 Å². The monoisotopic (exact) mass is 497 g/mol. The lowest BCUT2D eigenvalue weighted by Crippen LogP contribution is -2.21. The summed E-state index contributed by atoms with van der Waals surface area (Å²) in [5.74, 6) is 0. The number of aromatic nitrogens is 1.